The van der Waals surface area contributed by atoms with E-state index >= 15 is 0 Å². The van der Waals surface area contributed by atoms with E-state index in [4.69, 9.17) is 18.9 Å². The molecule has 0 saturated carbocycles. The number of rotatable bonds is 4. The molecule has 88 valence electrons. The van der Waals surface area contributed by atoms with Gasteiger partial charge in [0.15, 0.2) is 13.1 Å². The smallest absolute Gasteiger partial charge is 0.188 e. The average molecular weight is 289 g/mol. The highest BCUT2D eigenvalue weighted by molar-refractivity contribution is 9.10. The van der Waals surface area contributed by atoms with E-state index in [1.807, 2.05) is 18.2 Å². The minimum Gasteiger partial charge on any atom is -0.466 e. The monoisotopic (exact) mass is 288 g/mol. The fraction of sp³-hybridized carbons (Fsp3) is 0.455. The van der Waals surface area contributed by atoms with Gasteiger partial charge in [-0.1, -0.05) is 6.07 Å². The Bertz CT molecular complexity index is 350. The molecule has 0 bridgehead atoms. The molecule has 2 rings (SSSR count). The third-order valence-electron chi connectivity index (χ3n) is 2.18. The maximum Gasteiger partial charge on any atom is 0.188 e. The normalized spacial score (nSPS) is 16.6. The minimum absolute atomic E-state index is 0.231. The second-order valence-electron chi connectivity index (χ2n) is 3.31. The molecule has 5 heteroatoms. The van der Waals surface area contributed by atoms with Crippen LogP contribution in [-0.2, 0) is 14.2 Å². The predicted molar refractivity (Wildman–Crippen MR) is 61.3 cm³/mol. The highest BCUT2D eigenvalue weighted by atomic mass is 79.9. The largest absolute Gasteiger partial charge is 0.466 e. The number of benzene rings is 1. The molecule has 0 aliphatic carbocycles. The molecule has 0 unspecified atom stereocenters. The first-order valence-electron chi connectivity index (χ1n) is 4.95. The molecule has 0 spiro atoms. The van der Waals surface area contributed by atoms with Crippen molar-refractivity contribution in [3.05, 3.63) is 28.2 Å². The summed E-state index contributed by atoms with van der Waals surface area (Å²) in [5.41, 5.74) is 0.981. The Morgan fingerprint density at radius 1 is 1.38 bits per heavy atom. The molecule has 1 heterocycles. The van der Waals surface area contributed by atoms with Crippen LogP contribution < -0.4 is 4.74 Å². The van der Waals surface area contributed by atoms with Gasteiger partial charge in [0.2, 0.25) is 0 Å². The van der Waals surface area contributed by atoms with Crippen LogP contribution in [0.15, 0.2) is 22.7 Å². The van der Waals surface area contributed by atoms with E-state index in [1.165, 1.54) is 0 Å². The van der Waals surface area contributed by atoms with Crippen molar-refractivity contribution in [2.45, 2.75) is 6.29 Å². The van der Waals surface area contributed by atoms with Crippen molar-refractivity contribution in [1.29, 1.82) is 0 Å². The van der Waals surface area contributed by atoms with E-state index in [1.54, 1.807) is 7.11 Å². The van der Waals surface area contributed by atoms with Gasteiger partial charge < -0.3 is 18.9 Å². The van der Waals surface area contributed by atoms with Gasteiger partial charge in [-0.2, -0.15) is 0 Å². The average Bonchev–Trinajstić information content (AvgIpc) is 2.81. The van der Waals surface area contributed by atoms with Crippen LogP contribution in [0.4, 0.5) is 0 Å². The van der Waals surface area contributed by atoms with Gasteiger partial charge in [-0.25, -0.2) is 0 Å². The molecule has 1 fully saturated rings. The zero-order chi connectivity index (χ0) is 11.4. The first-order valence-corrected chi connectivity index (χ1v) is 5.75. The molecule has 1 aromatic carbocycles. The second kappa shape index (κ2) is 5.63. The molecule has 1 aliphatic heterocycles. The van der Waals surface area contributed by atoms with E-state index < -0.39 is 0 Å². The third-order valence-corrected chi connectivity index (χ3v) is 2.80. The second-order valence-corrected chi connectivity index (χ2v) is 4.17. The van der Waals surface area contributed by atoms with E-state index in [2.05, 4.69) is 15.9 Å². The predicted octanol–water partition coefficient (Wildman–Crippen LogP) is 2.48. The van der Waals surface area contributed by atoms with Crippen molar-refractivity contribution >= 4 is 15.9 Å². The molecule has 0 atom stereocenters. The Kier molecular flexibility index (Phi) is 4.17. The van der Waals surface area contributed by atoms with Gasteiger partial charge in [-0.3, -0.25) is 0 Å². The first-order chi connectivity index (χ1) is 7.81. The summed E-state index contributed by atoms with van der Waals surface area (Å²) in [6, 6.07) is 5.72. The van der Waals surface area contributed by atoms with Gasteiger partial charge in [0, 0.05) is 12.7 Å². The van der Waals surface area contributed by atoms with Crippen molar-refractivity contribution in [3.8, 4) is 5.75 Å². The molecule has 1 aliphatic rings. The van der Waals surface area contributed by atoms with Gasteiger partial charge in [0.25, 0.3) is 0 Å². The summed E-state index contributed by atoms with van der Waals surface area (Å²) in [5, 5.41) is 0. The zero-order valence-corrected chi connectivity index (χ0v) is 10.5. The highest BCUT2D eigenvalue weighted by Crippen LogP contribution is 2.31. The first kappa shape index (κ1) is 11.9. The van der Waals surface area contributed by atoms with Crippen LogP contribution in [0.5, 0.6) is 5.75 Å². The molecule has 1 saturated heterocycles. The van der Waals surface area contributed by atoms with E-state index in [-0.39, 0.29) is 13.1 Å². The molecule has 16 heavy (non-hydrogen) atoms. The maximum absolute atomic E-state index is 5.41. The van der Waals surface area contributed by atoms with Crippen LogP contribution in [0.25, 0.3) is 0 Å². The summed E-state index contributed by atoms with van der Waals surface area (Å²) in [6.07, 6.45) is -0.257. The van der Waals surface area contributed by atoms with Gasteiger partial charge in [0.05, 0.1) is 17.7 Å². The molecular weight excluding hydrogens is 276 g/mol. The minimum atomic E-state index is -0.257. The van der Waals surface area contributed by atoms with E-state index in [0.29, 0.717) is 13.2 Å². The Labute approximate surface area is 103 Å². The van der Waals surface area contributed by atoms with Gasteiger partial charge in [-0.15, -0.1) is 0 Å². The maximum atomic E-state index is 5.41. The summed E-state index contributed by atoms with van der Waals surface area (Å²) < 4.78 is 21.9. The summed E-state index contributed by atoms with van der Waals surface area (Å²) in [7, 11) is 1.59. The third kappa shape index (κ3) is 2.74. The lowest BCUT2D eigenvalue weighted by Crippen LogP contribution is -2.01. The van der Waals surface area contributed by atoms with Gasteiger partial charge in [-0.05, 0) is 28.1 Å². The van der Waals surface area contributed by atoms with Crippen molar-refractivity contribution in [2.24, 2.45) is 0 Å². The molecule has 4 nitrogen and oxygen atoms in total. The summed E-state index contributed by atoms with van der Waals surface area (Å²) in [6.45, 7) is 1.52. The number of ether oxygens (including phenoxy) is 4. The molecular formula is C11H13BrO4. The van der Waals surface area contributed by atoms with Gasteiger partial charge >= 0.3 is 0 Å². The molecule has 1 aromatic rings. The van der Waals surface area contributed by atoms with Crippen molar-refractivity contribution in [1.82, 2.24) is 0 Å². The topological polar surface area (TPSA) is 36.9 Å². The quantitative estimate of drug-likeness (QED) is 0.798. The van der Waals surface area contributed by atoms with Crippen LogP contribution in [-0.4, -0.2) is 27.1 Å². The fourth-order valence-electron chi connectivity index (χ4n) is 1.45. The summed E-state index contributed by atoms with van der Waals surface area (Å²) >= 11 is 3.43. The Balaban J connectivity index is 2.09. The molecule has 0 N–H and O–H groups in total. The van der Waals surface area contributed by atoms with Crippen molar-refractivity contribution < 1.29 is 18.9 Å². The lowest BCUT2D eigenvalue weighted by Gasteiger charge is -2.12. The number of methoxy groups -OCH3 is 1. The Hall–Kier alpha value is -0.620. The fourth-order valence-corrected chi connectivity index (χ4v) is 1.96. The van der Waals surface area contributed by atoms with Crippen molar-refractivity contribution in [3.63, 3.8) is 0 Å². The lowest BCUT2D eigenvalue weighted by molar-refractivity contribution is -0.0442. The summed E-state index contributed by atoms with van der Waals surface area (Å²) in [5.74, 6) is 0.739. The van der Waals surface area contributed by atoms with Crippen LogP contribution in [0.3, 0.4) is 0 Å². The van der Waals surface area contributed by atoms with Gasteiger partial charge in [0.1, 0.15) is 5.75 Å². The molecule has 0 radical (unpaired) electrons. The number of hydrogen-bond donors (Lipinski definition) is 0. The summed E-state index contributed by atoms with van der Waals surface area (Å²) in [4.78, 5) is 0. The van der Waals surface area contributed by atoms with Crippen LogP contribution in [0, 0.1) is 0 Å². The van der Waals surface area contributed by atoms with Crippen LogP contribution in [0.1, 0.15) is 11.9 Å². The van der Waals surface area contributed by atoms with Crippen molar-refractivity contribution in [2.75, 3.05) is 27.1 Å². The Morgan fingerprint density at radius 3 is 2.75 bits per heavy atom. The van der Waals surface area contributed by atoms with Crippen LogP contribution >= 0.6 is 15.9 Å². The SMILES string of the molecule is COCOc1ccc(C2OCCO2)cc1Br. The molecule has 0 amide bonds. The number of hydrogen-bond acceptors (Lipinski definition) is 4. The van der Waals surface area contributed by atoms with E-state index in [0.717, 1.165) is 15.8 Å². The lowest BCUT2D eigenvalue weighted by atomic mass is 10.2. The Morgan fingerprint density at radius 2 is 2.12 bits per heavy atom. The molecule has 0 aromatic heterocycles. The van der Waals surface area contributed by atoms with E-state index in [9.17, 15) is 0 Å². The standard InChI is InChI=1S/C11H13BrO4/c1-13-7-16-10-3-2-8(6-9(10)12)11-14-4-5-15-11/h2-3,6,11H,4-5,7H2,1H3. The highest BCUT2D eigenvalue weighted by Gasteiger charge is 2.19. The zero-order valence-electron chi connectivity index (χ0n) is 8.94. The number of halogens is 1. The van der Waals surface area contributed by atoms with Crippen LogP contribution in [0.2, 0.25) is 0 Å².